The highest BCUT2D eigenvalue weighted by molar-refractivity contribution is 6.09. The molecule has 0 aromatic heterocycles. The van der Waals surface area contributed by atoms with Crippen LogP contribution in [0.3, 0.4) is 0 Å². The summed E-state index contributed by atoms with van der Waals surface area (Å²) < 4.78 is 0. The number of nitrogens with zero attached hydrogens (tertiary/aromatic N) is 1. The summed E-state index contributed by atoms with van der Waals surface area (Å²) in [6.45, 7) is 14.5. The van der Waals surface area contributed by atoms with E-state index in [1.54, 1.807) is 0 Å². The van der Waals surface area contributed by atoms with E-state index in [0.717, 1.165) is 5.69 Å². The Balaban J connectivity index is 1.26. The zero-order valence-electron chi connectivity index (χ0n) is 28.7. The molecule has 0 fully saturated rings. The summed E-state index contributed by atoms with van der Waals surface area (Å²) in [4.78, 5) is 2.45. The highest BCUT2D eigenvalue weighted by Gasteiger charge is 2.46. The predicted molar refractivity (Wildman–Crippen MR) is 205 cm³/mol. The average Bonchev–Trinajstić information content (AvgIpc) is 3.33. The van der Waals surface area contributed by atoms with Gasteiger partial charge in [0.15, 0.2) is 0 Å². The second kappa shape index (κ2) is 9.94. The molecule has 0 saturated carbocycles. The molecule has 2 aliphatic carbocycles. The van der Waals surface area contributed by atoms with E-state index in [4.69, 9.17) is 0 Å². The van der Waals surface area contributed by atoms with Gasteiger partial charge >= 0.3 is 0 Å². The van der Waals surface area contributed by atoms with Crippen molar-refractivity contribution in [3.05, 3.63) is 162 Å². The number of fused-ring (bicyclic) bond motifs is 9. The van der Waals surface area contributed by atoms with Gasteiger partial charge in [0.25, 0.3) is 0 Å². The fourth-order valence-electron chi connectivity index (χ4n) is 8.75. The second-order valence-electron chi connectivity index (χ2n) is 15.5. The summed E-state index contributed by atoms with van der Waals surface area (Å²) in [5.74, 6) is 0. The first-order valence-electron chi connectivity index (χ1n) is 17.3. The van der Waals surface area contributed by atoms with Crippen LogP contribution in [0.2, 0.25) is 0 Å². The van der Waals surface area contributed by atoms with Crippen molar-refractivity contribution >= 4 is 38.6 Å². The lowest BCUT2D eigenvalue weighted by Gasteiger charge is -2.49. The number of anilines is 3. The maximum atomic E-state index is 2.48. The van der Waals surface area contributed by atoms with Crippen LogP contribution in [0.5, 0.6) is 0 Å². The minimum Gasteiger partial charge on any atom is -0.310 e. The first-order valence-corrected chi connectivity index (χ1v) is 17.3. The van der Waals surface area contributed by atoms with Crippen LogP contribution in [0.4, 0.5) is 17.1 Å². The molecule has 0 atom stereocenters. The largest absolute Gasteiger partial charge is 0.310 e. The molecule has 0 spiro atoms. The van der Waals surface area contributed by atoms with E-state index in [2.05, 4.69) is 186 Å². The van der Waals surface area contributed by atoms with Gasteiger partial charge in [-0.15, -0.1) is 0 Å². The van der Waals surface area contributed by atoms with Crippen LogP contribution in [-0.4, -0.2) is 0 Å². The summed E-state index contributed by atoms with van der Waals surface area (Å²) in [5, 5.41) is 5.24. The van der Waals surface area contributed by atoms with Gasteiger partial charge in [0.1, 0.15) is 0 Å². The van der Waals surface area contributed by atoms with Crippen molar-refractivity contribution in [2.45, 2.75) is 57.8 Å². The molecule has 48 heavy (non-hydrogen) atoms. The number of para-hydroxylation sites is 1. The van der Waals surface area contributed by atoms with Gasteiger partial charge < -0.3 is 4.90 Å². The van der Waals surface area contributed by atoms with Crippen LogP contribution in [0.25, 0.3) is 43.8 Å². The zero-order chi connectivity index (χ0) is 33.0. The van der Waals surface area contributed by atoms with E-state index in [1.807, 2.05) is 0 Å². The average molecular weight is 620 g/mol. The smallest absolute Gasteiger partial charge is 0.0465 e. The van der Waals surface area contributed by atoms with Crippen molar-refractivity contribution in [2.24, 2.45) is 0 Å². The molecule has 1 nitrogen and oxygen atoms in total. The molecule has 7 aromatic rings. The SMILES string of the molecule is CC1(C)c2ccccc2-c2ccc(N(c3ccccc3)c3ccc4c(c3)C(C)(C)C(C)(C)c3cc5ccc6ccccc6c5cc3-4)cc21. The van der Waals surface area contributed by atoms with Gasteiger partial charge in [0, 0.05) is 22.5 Å². The maximum Gasteiger partial charge on any atom is 0.0465 e. The summed E-state index contributed by atoms with van der Waals surface area (Å²) >= 11 is 0. The Morgan fingerprint density at radius 3 is 1.67 bits per heavy atom. The first kappa shape index (κ1) is 29.0. The Morgan fingerprint density at radius 2 is 0.917 bits per heavy atom. The van der Waals surface area contributed by atoms with Gasteiger partial charge in [-0.05, 0) is 125 Å². The van der Waals surface area contributed by atoms with E-state index in [0.29, 0.717) is 0 Å². The van der Waals surface area contributed by atoms with Crippen LogP contribution in [0.1, 0.15) is 63.8 Å². The number of hydrogen-bond donors (Lipinski definition) is 0. The third kappa shape index (κ3) is 3.91. The standard InChI is InChI=1S/C47H41N/c1-45(2)41-19-13-12-18-36(41)37-24-22-33(27-42(37)45)48(32-15-8-7-9-16-32)34-23-25-38-40-29-39-31(21-20-30-14-10-11-17-35(30)39)26-43(40)46(3,4)47(5,6)44(38)28-34/h7-29H,1-6H3. The minimum atomic E-state index is -0.111. The molecule has 0 saturated heterocycles. The maximum absolute atomic E-state index is 2.48. The van der Waals surface area contributed by atoms with Crippen molar-refractivity contribution in [2.75, 3.05) is 4.90 Å². The molecule has 0 amide bonds. The quantitative estimate of drug-likeness (QED) is 0.178. The number of hydrogen-bond acceptors (Lipinski definition) is 1. The molecule has 7 aromatic carbocycles. The normalized spacial score (nSPS) is 16.2. The minimum absolute atomic E-state index is 0.0666. The first-order chi connectivity index (χ1) is 23.1. The Kier molecular flexibility index (Phi) is 6.01. The molecule has 9 rings (SSSR count). The third-order valence-electron chi connectivity index (χ3n) is 12.2. The van der Waals surface area contributed by atoms with Gasteiger partial charge in [0.2, 0.25) is 0 Å². The molecular weight excluding hydrogens is 579 g/mol. The molecule has 2 aliphatic rings. The van der Waals surface area contributed by atoms with E-state index in [1.165, 1.54) is 77.4 Å². The van der Waals surface area contributed by atoms with Gasteiger partial charge in [-0.25, -0.2) is 0 Å². The highest BCUT2D eigenvalue weighted by Crippen LogP contribution is 2.56. The van der Waals surface area contributed by atoms with Gasteiger partial charge in [0.05, 0.1) is 0 Å². The van der Waals surface area contributed by atoms with Crippen LogP contribution >= 0.6 is 0 Å². The summed E-state index contributed by atoms with van der Waals surface area (Å²) in [6, 6.07) is 52.3. The topological polar surface area (TPSA) is 3.24 Å². The van der Waals surface area contributed by atoms with E-state index in [-0.39, 0.29) is 16.2 Å². The highest BCUT2D eigenvalue weighted by atomic mass is 15.1. The van der Waals surface area contributed by atoms with E-state index in [9.17, 15) is 0 Å². The molecule has 0 heterocycles. The van der Waals surface area contributed by atoms with Crippen molar-refractivity contribution < 1.29 is 0 Å². The molecule has 0 unspecified atom stereocenters. The molecular formula is C47H41N. The van der Waals surface area contributed by atoms with Crippen LogP contribution < -0.4 is 4.90 Å². The van der Waals surface area contributed by atoms with Gasteiger partial charge in [-0.2, -0.15) is 0 Å². The van der Waals surface area contributed by atoms with Crippen molar-refractivity contribution in [3.8, 4) is 22.3 Å². The Labute approximate surface area is 284 Å². The van der Waals surface area contributed by atoms with Crippen molar-refractivity contribution in [3.63, 3.8) is 0 Å². The molecule has 234 valence electrons. The second-order valence-corrected chi connectivity index (χ2v) is 15.5. The third-order valence-corrected chi connectivity index (χ3v) is 12.2. The summed E-state index contributed by atoms with van der Waals surface area (Å²) in [7, 11) is 0. The fraction of sp³-hybridized carbons (Fsp3) is 0.191. The lowest BCUT2D eigenvalue weighted by Crippen LogP contribution is -2.43. The molecule has 0 aliphatic heterocycles. The molecule has 0 N–H and O–H groups in total. The lowest BCUT2D eigenvalue weighted by atomic mass is 9.55. The molecule has 0 bridgehead atoms. The Hall–Kier alpha value is -5.14. The van der Waals surface area contributed by atoms with Crippen molar-refractivity contribution in [1.29, 1.82) is 0 Å². The molecule has 0 radical (unpaired) electrons. The van der Waals surface area contributed by atoms with Crippen molar-refractivity contribution in [1.82, 2.24) is 0 Å². The molecule has 1 heteroatoms. The predicted octanol–water partition coefficient (Wildman–Crippen LogP) is 13.0. The monoisotopic (exact) mass is 619 g/mol. The fourth-order valence-corrected chi connectivity index (χ4v) is 8.75. The van der Waals surface area contributed by atoms with Crippen LogP contribution in [0.15, 0.2) is 140 Å². The lowest BCUT2D eigenvalue weighted by molar-refractivity contribution is 0.299. The number of rotatable bonds is 3. The van der Waals surface area contributed by atoms with Gasteiger partial charge in [-0.3, -0.25) is 0 Å². The zero-order valence-corrected chi connectivity index (χ0v) is 28.7. The summed E-state index contributed by atoms with van der Waals surface area (Å²) in [5.41, 5.74) is 14.3. The van der Waals surface area contributed by atoms with E-state index >= 15 is 0 Å². The Morgan fingerprint density at radius 1 is 0.354 bits per heavy atom. The number of benzene rings is 7. The van der Waals surface area contributed by atoms with Gasteiger partial charge in [-0.1, -0.05) is 133 Å². The Bertz CT molecular complexity index is 2430. The van der Waals surface area contributed by atoms with Crippen LogP contribution in [0, 0.1) is 0 Å². The van der Waals surface area contributed by atoms with E-state index < -0.39 is 0 Å². The summed E-state index contributed by atoms with van der Waals surface area (Å²) in [6.07, 6.45) is 0. The van der Waals surface area contributed by atoms with Crippen LogP contribution in [-0.2, 0) is 16.2 Å².